The van der Waals surface area contributed by atoms with Gasteiger partial charge in [-0.3, -0.25) is 0 Å². The van der Waals surface area contributed by atoms with Crippen LogP contribution < -0.4 is 4.90 Å². The van der Waals surface area contributed by atoms with Gasteiger partial charge in [0.25, 0.3) is 0 Å². The highest BCUT2D eigenvalue weighted by molar-refractivity contribution is 6.34. The van der Waals surface area contributed by atoms with E-state index in [4.69, 9.17) is 11.6 Å². The van der Waals surface area contributed by atoms with E-state index in [1.807, 2.05) is 78.9 Å². The highest BCUT2D eigenvalue weighted by atomic mass is 35.5. The summed E-state index contributed by atoms with van der Waals surface area (Å²) in [5, 5.41) is 0.594. The van der Waals surface area contributed by atoms with Crippen molar-refractivity contribution in [3.63, 3.8) is 0 Å². The van der Waals surface area contributed by atoms with Crippen molar-refractivity contribution < 1.29 is 4.39 Å². The molecule has 1 saturated carbocycles. The van der Waals surface area contributed by atoms with E-state index in [9.17, 15) is 0 Å². The number of allylic oxidation sites excluding steroid dienone is 2. The fourth-order valence-corrected chi connectivity index (χ4v) is 9.73. The average Bonchev–Trinajstić information content (AvgIpc) is 3.41. The Morgan fingerprint density at radius 1 is 0.640 bits per heavy atom. The summed E-state index contributed by atoms with van der Waals surface area (Å²) in [6.45, 7) is 4.76. The maximum absolute atomic E-state index is 17.2. The maximum atomic E-state index is 17.2. The lowest BCUT2D eigenvalue weighted by atomic mass is 9.55. The SMILES string of the molecule is CC1=CC2(c3ccccc3-c3cc(Cl)c(N(c4ccccc4)c4c(F)cc(-c5ccccc5)cc4-c4ccccc4)cc32)C2CC(C)CC1C2. The molecule has 0 amide bonds. The van der Waals surface area contributed by atoms with Crippen LogP contribution in [0.1, 0.15) is 44.2 Å². The molecule has 0 heterocycles. The van der Waals surface area contributed by atoms with E-state index in [0.717, 1.165) is 33.6 Å². The maximum Gasteiger partial charge on any atom is 0.148 e. The van der Waals surface area contributed by atoms with Crippen LogP contribution in [0.3, 0.4) is 0 Å². The van der Waals surface area contributed by atoms with Crippen molar-refractivity contribution in [1.82, 2.24) is 0 Å². The summed E-state index contributed by atoms with van der Waals surface area (Å²) < 4.78 is 17.2. The second kappa shape index (κ2) is 12.1. The van der Waals surface area contributed by atoms with E-state index in [0.29, 0.717) is 28.5 Å². The molecule has 4 atom stereocenters. The van der Waals surface area contributed by atoms with Gasteiger partial charge in [0.2, 0.25) is 0 Å². The van der Waals surface area contributed by atoms with Crippen molar-refractivity contribution in [3.05, 3.63) is 173 Å². The second-order valence-corrected chi connectivity index (χ2v) is 15.0. The molecule has 3 heteroatoms. The smallest absolute Gasteiger partial charge is 0.148 e. The molecule has 50 heavy (non-hydrogen) atoms. The topological polar surface area (TPSA) is 3.24 Å². The summed E-state index contributed by atoms with van der Waals surface area (Å²) in [5.41, 5.74) is 12.0. The van der Waals surface area contributed by atoms with Crippen LogP contribution in [0.25, 0.3) is 33.4 Å². The largest absolute Gasteiger partial charge is 0.306 e. The highest BCUT2D eigenvalue weighted by Gasteiger charge is 2.52. The van der Waals surface area contributed by atoms with Crippen LogP contribution >= 0.6 is 11.6 Å². The minimum atomic E-state index is -0.305. The second-order valence-electron chi connectivity index (χ2n) is 14.6. The Bertz CT molecular complexity index is 2260. The Hall–Kier alpha value is -4.92. The van der Waals surface area contributed by atoms with Crippen LogP contribution in [-0.2, 0) is 5.41 Å². The van der Waals surface area contributed by atoms with Crippen LogP contribution in [0.4, 0.5) is 21.5 Å². The molecule has 0 radical (unpaired) electrons. The van der Waals surface area contributed by atoms with Gasteiger partial charge in [0.1, 0.15) is 5.82 Å². The van der Waals surface area contributed by atoms with E-state index in [-0.39, 0.29) is 11.2 Å². The summed E-state index contributed by atoms with van der Waals surface area (Å²) in [5.74, 6) is 1.46. The molecule has 0 aliphatic heterocycles. The molecule has 246 valence electrons. The van der Waals surface area contributed by atoms with Crippen LogP contribution in [0, 0.1) is 23.6 Å². The minimum absolute atomic E-state index is 0.263. The van der Waals surface area contributed by atoms with Crippen molar-refractivity contribution in [2.75, 3.05) is 4.90 Å². The Labute approximate surface area is 299 Å². The van der Waals surface area contributed by atoms with Crippen molar-refractivity contribution in [3.8, 4) is 33.4 Å². The van der Waals surface area contributed by atoms with Crippen LogP contribution in [0.5, 0.6) is 0 Å². The van der Waals surface area contributed by atoms with Gasteiger partial charge in [-0.2, -0.15) is 0 Å². The molecule has 3 aliphatic rings. The zero-order valence-corrected chi connectivity index (χ0v) is 29.2. The normalized spacial score (nSPS) is 21.8. The molecule has 0 saturated heterocycles. The lowest BCUT2D eigenvalue weighted by Crippen LogP contribution is -2.42. The molecule has 6 aromatic rings. The number of hydrogen-bond acceptors (Lipinski definition) is 1. The first-order chi connectivity index (χ1) is 24.4. The van der Waals surface area contributed by atoms with Gasteiger partial charge < -0.3 is 4.90 Å². The Morgan fingerprint density at radius 3 is 2.04 bits per heavy atom. The third-order valence-electron chi connectivity index (χ3n) is 11.6. The van der Waals surface area contributed by atoms with Crippen molar-refractivity contribution in [2.45, 2.75) is 38.5 Å². The first kappa shape index (κ1) is 31.1. The molecule has 2 bridgehead atoms. The van der Waals surface area contributed by atoms with E-state index < -0.39 is 0 Å². The number of nitrogens with zero attached hydrogens (tertiary/aromatic N) is 1. The van der Waals surface area contributed by atoms with Gasteiger partial charge in [-0.1, -0.05) is 133 Å². The summed E-state index contributed by atoms with van der Waals surface area (Å²) in [6.07, 6.45) is 6.23. The number of para-hydroxylation sites is 1. The summed E-state index contributed by atoms with van der Waals surface area (Å²) >= 11 is 7.45. The monoisotopic (exact) mass is 671 g/mol. The molecular weight excluding hydrogens is 633 g/mol. The lowest BCUT2D eigenvalue weighted by molar-refractivity contribution is 0.168. The third kappa shape index (κ3) is 4.88. The van der Waals surface area contributed by atoms with Gasteiger partial charge in [-0.25, -0.2) is 4.39 Å². The third-order valence-corrected chi connectivity index (χ3v) is 11.9. The Kier molecular flexibility index (Phi) is 7.55. The Balaban J connectivity index is 1.33. The van der Waals surface area contributed by atoms with Crippen LogP contribution in [0.2, 0.25) is 5.02 Å². The molecular formula is C47H39ClFN. The zero-order chi connectivity index (χ0) is 34.0. The first-order valence-corrected chi connectivity index (χ1v) is 18.2. The predicted octanol–water partition coefficient (Wildman–Crippen LogP) is 13.6. The fraction of sp³-hybridized carbons (Fsp3) is 0.191. The molecule has 1 nitrogen and oxygen atoms in total. The van der Waals surface area contributed by atoms with Crippen molar-refractivity contribution in [2.24, 2.45) is 17.8 Å². The average molecular weight is 672 g/mol. The quantitative estimate of drug-likeness (QED) is 0.165. The number of anilines is 3. The van der Waals surface area contributed by atoms with Gasteiger partial charge in [0.15, 0.2) is 0 Å². The number of rotatable bonds is 5. The van der Waals surface area contributed by atoms with Crippen molar-refractivity contribution >= 4 is 28.7 Å². The standard InChI is InChI=1S/C47H39ClFN/c1-30-22-34-24-36(23-30)47(29-31(34)2)41-21-13-12-20-38(41)40-27-43(48)45(28-42(40)47)50(37-18-10-5-11-19-37)46-39(33-16-8-4-9-17-33)25-35(26-44(46)49)32-14-6-3-7-15-32/h3-21,25-30,34,36H,22-24H2,1-2H3. The lowest BCUT2D eigenvalue weighted by Gasteiger charge is -2.49. The fourth-order valence-electron chi connectivity index (χ4n) is 9.49. The molecule has 9 rings (SSSR count). The highest BCUT2D eigenvalue weighted by Crippen LogP contribution is 2.62. The molecule has 1 spiro atoms. The van der Waals surface area contributed by atoms with Gasteiger partial charge >= 0.3 is 0 Å². The number of fused-ring (bicyclic) bond motifs is 8. The van der Waals surface area contributed by atoms with E-state index in [1.54, 1.807) is 6.07 Å². The van der Waals surface area contributed by atoms with Gasteiger partial charge in [0, 0.05) is 16.7 Å². The predicted molar refractivity (Wildman–Crippen MR) is 207 cm³/mol. The molecule has 0 aromatic heterocycles. The van der Waals surface area contributed by atoms with E-state index in [2.05, 4.69) is 79.4 Å². The zero-order valence-electron chi connectivity index (χ0n) is 28.4. The van der Waals surface area contributed by atoms with Gasteiger partial charge in [-0.05, 0) is 119 Å². The molecule has 6 aromatic carbocycles. The Morgan fingerprint density at radius 2 is 1.30 bits per heavy atom. The van der Waals surface area contributed by atoms with E-state index in [1.165, 1.54) is 47.1 Å². The van der Waals surface area contributed by atoms with E-state index >= 15 is 4.39 Å². The van der Waals surface area contributed by atoms with Gasteiger partial charge in [0.05, 0.1) is 16.4 Å². The van der Waals surface area contributed by atoms with Crippen LogP contribution in [-0.4, -0.2) is 0 Å². The molecule has 3 aliphatic carbocycles. The minimum Gasteiger partial charge on any atom is -0.306 e. The molecule has 4 unspecified atom stereocenters. The number of benzene rings is 6. The molecule has 0 N–H and O–H groups in total. The molecule has 1 fully saturated rings. The summed E-state index contributed by atoms with van der Waals surface area (Å²) in [6, 6.07) is 47.4. The summed E-state index contributed by atoms with van der Waals surface area (Å²) in [4.78, 5) is 2.05. The van der Waals surface area contributed by atoms with Crippen molar-refractivity contribution in [1.29, 1.82) is 0 Å². The number of hydrogen-bond donors (Lipinski definition) is 0. The first-order valence-electron chi connectivity index (χ1n) is 17.8. The number of halogens is 2. The summed E-state index contributed by atoms with van der Waals surface area (Å²) in [7, 11) is 0. The van der Waals surface area contributed by atoms with Crippen LogP contribution in [0.15, 0.2) is 151 Å². The van der Waals surface area contributed by atoms with Gasteiger partial charge in [-0.15, -0.1) is 0 Å².